The Morgan fingerprint density at radius 3 is 2.68 bits per heavy atom. The molecule has 3 heterocycles. The van der Waals surface area contributed by atoms with Gasteiger partial charge >= 0.3 is 0 Å². The van der Waals surface area contributed by atoms with E-state index in [1.807, 2.05) is 48.2 Å². The summed E-state index contributed by atoms with van der Waals surface area (Å²) < 4.78 is 5.51. The summed E-state index contributed by atoms with van der Waals surface area (Å²) in [4.78, 5) is 26.1. The second-order valence-electron chi connectivity index (χ2n) is 7.17. The van der Waals surface area contributed by atoms with Gasteiger partial charge in [-0.25, -0.2) is 9.97 Å². The number of hydrogen-bond donors (Lipinski definition) is 0. The van der Waals surface area contributed by atoms with Crippen molar-refractivity contribution < 1.29 is 9.21 Å². The van der Waals surface area contributed by atoms with Gasteiger partial charge in [0.05, 0.1) is 18.7 Å². The molecular formula is C22H24N4O2. The minimum absolute atomic E-state index is 0.103. The van der Waals surface area contributed by atoms with Crippen LogP contribution < -0.4 is 9.80 Å². The van der Waals surface area contributed by atoms with E-state index < -0.39 is 0 Å². The number of anilines is 2. The van der Waals surface area contributed by atoms with Crippen LogP contribution in [0, 0.1) is 12.8 Å². The molecule has 4 rings (SSSR count). The molecule has 0 bridgehead atoms. The van der Waals surface area contributed by atoms with Crippen LogP contribution >= 0.6 is 0 Å². The Labute approximate surface area is 164 Å². The van der Waals surface area contributed by atoms with Gasteiger partial charge in [-0.05, 0) is 50.1 Å². The van der Waals surface area contributed by atoms with Crippen LogP contribution in [0.3, 0.4) is 0 Å². The Balaban J connectivity index is 1.56. The predicted molar refractivity (Wildman–Crippen MR) is 108 cm³/mol. The maximum absolute atomic E-state index is 13.5. The fourth-order valence-corrected chi connectivity index (χ4v) is 3.61. The van der Waals surface area contributed by atoms with E-state index in [2.05, 4.69) is 14.9 Å². The highest BCUT2D eigenvalue weighted by atomic mass is 16.3. The first-order valence-electron chi connectivity index (χ1n) is 9.63. The number of carbonyl (C=O) groups excluding carboxylic acids is 1. The second-order valence-corrected chi connectivity index (χ2v) is 7.17. The van der Waals surface area contributed by atoms with E-state index in [9.17, 15) is 4.79 Å². The first-order chi connectivity index (χ1) is 13.7. The Kier molecular flexibility index (Phi) is 5.37. The number of furan rings is 1. The molecule has 6 nitrogen and oxygen atoms in total. The van der Waals surface area contributed by atoms with E-state index in [0.717, 1.165) is 30.8 Å². The number of benzene rings is 1. The van der Waals surface area contributed by atoms with E-state index >= 15 is 0 Å². The Hall–Kier alpha value is -3.15. The minimum atomic E-state index is -0.103. The third kappa shape index (κ3) is 4.06. The van der Waals surface area contributed by atoms with Crippen LogP contribution in [0.4, 0.5) is 11.6 Å². The average Bonchev–Trinajstić information content (AvgIpc) is 3.26. The van der Waals surface area contributed by atoms with Crippen molar-refractivity contribution in [3.05, 3.63) is 72.4 Å². The number of amides is 1. The first kappa shape index (κ1) is 18.2. The number of hydrogen-bond acceptors (Lipinski definition) is 5. The molecule has 144 valence electrons. The molecule has 3 aromatic rings. The van der Waals surface area contributed by atoms with E-state index in [4.69, 9.17) is 4.42 Å². The van der Waals surface area contributed by atoms with Crippen LogP contribution in [0.5, 0.6) is 0 Å². The standard InChI is InChI=1S/C22H24N4O2/c1-17-7-9-19(10-8-17)26(16-20-6-3-14-28-20)21(27)18-5-2-13-25(15-18)22-23-11-4-12-24-22/h3-4,6-12,14,18H,2,5,13,15-16H2,1H3/t18-/m0/s1. The largest absolute Gasteiger partial charge is 0.467 e. The summed E-state index contributed by atoms with van der Waals surface area (Å²) in [5.41, 5.74) is 2.05. The highest BCUT2D eigenvalue weighted by molar-refractivity contribution is 5.95. The fourth-order valence-electron chi connectivity index (χ4n) is 3.61. The van der Waals surface area contributed by atoms with Gasteiger partial charge in [0.25, 0.3) is 0 Å². The van der Waals surface area contributed by atoms with E-state index in [-0.39, 0.29) is 11.8 Å². The maximum atomic E-state index is 13.5. The summed E-state index contributed by atoms with van der Waals surface area (Å²) in [5, 5.41) is 0. The van der Waals surface area contributed by atoms with E-state index in [1.54, 1.807) is 24.7 Å². The zero-order valence-electron chi connectivity index (χ0n) is 16.0. The van der Waals surface area contributed by atoms with Crippen molar-refractivity contribution in [3.8, 4) is 0 Å². The number of nitrogens with zero attached hydrogens (tertiary/aromatic N) is 4. The fraction of sp³-hybridized carbons (Fsp3) is 0.318. The van der Waals surface area contributed by atoms with Crippen LogP contribution in [0.2, 0.25) is 0 Å². The summed E-state index contributed by atoms with van der Waals surface area (Å²) in [6, 6.07) is 13.6. The maximum Gasteiger partial charge on any atom is 0.232 e. The monoisotopic (exact) mass is 376 g/mol. The van der Waals surface area contributed by atoms with Crippen molar-refractivity contribution in [2.24, 2.45) is 5.92 Å². The SMILES string of the molecule is Cc1ccc(N(Cc2ccco2)C(=O)[C@H]2CCCN(c3ncccn3)C2)cc1. The number of piperidine rings is 1. The lowest BCUT2D eigenvalue weighted by atomic mass is 9.96. The summed E-state index contributed by atoms with van der Waals surface area (Å²) in [6.07, 6.45) is 6.93. The number of rotatable bonds is 5. The van der Waals surface area contributed by atoms with Crippen molar-refractivity contribution in [2.75, 3.05) is 22.9 Å². The zero-order chi connectivity index (χ0) is 19.3. The average molecular weight is 376 g/mol. The molecule has 28 heavy (non-hydrogen) atoms. The lowest BCUT2D eigenvalue weighted by molar-refractivity contribution is -0.122. The van der Waals surface area contributed by atoms with Crippen molar-refractivity contribution >= 4 is 17.5 Å². The molecule has 1 aliphatic rings. The Bertz CT molecular complexity index is 894. The third-order valence-corrected chi connectivity index (χ3v) is 5.11. The van der Waals surface area contributed by atoms with Gasteiger partial charge in [-0.1, -0.05) is 17.7 Å². The summed E-state index contributed by atoms with van der Waals surface area (Å²) in [7, 11) is 0. The number of aryl methyl sites for hydroxylation is 1. The Morgan fingerprint density at radius 1 is 1.18 bits per heavy atom. The van der Waals surface area contributed by atoms with Gasteiger partial charge in [-0.2, -0.15) is 0 Å². The summed E-state index contributed by atoms with van der Waals surface area (Å²) in [5.74, 6) is 1.47. The minimum Gasteiger partial charge on any atom is -0.467 e. The normalized spacial score (nSPS) is 16.8. The molecule has 1 atom stereocenters. The topological polar surface area (TPSA) is 62.5 Å². The molecule has 0 unspecified atom stereocenters. The first-order valence-corrected chi connectivity index (χ1v) is 9.63. The zero-order valence-corrected chi connectivity index (χ0v) is 16.0. The van der Waals surface area contributed by atoms with Crippen LogP contribution in [-0.4, -0.2) is 29.0 Å². The molecule has 0 spiro atoms. The van der Waals surface area contributed by atoms with Gasteiger partial charge in [-0.15, -0.1) is 0 Å². The number of aromatic nitrogens is 2. The molecule has 0 N–H and O–H groups in total. The quantitative estimate of drug-likeness (QED) is 0.677. The molecule has 1 saturated heterocycles. The van der Waals surface area contributed by atoms with Crippen LogP contribution in [0.1, 0.15) is 24.2 Å². The highest BCUT2D eigenvalue weighted by Crippen LogP contribution is 2.26. The third-order valence-electron chi connectivity index (χ3n) is 5.11. The van der Waals surface area contributed by atoms with Crippen molar-refractivity contribution in [1.82, 2.24) is 9.97 Å². The summed E-state index contributed by atoms with van der Waals surface area (Å²) in [6.45, 7) is 3.97. The predicted octanol–water partition coefficient (Wildman–Crippen LogP) is 3.83. The molecule has 0 saturated carbocycles. The molecule has 1 aliphatic heterocycles. The van der Waals surface area contributed by atoms with Gasteiger partial charge in [0.1, 0.15) is 5.76 Å². The lowest BCUT2D eigenvalue weighted by Crippen LogP contribution is -2.45. The van der Waals surface area contributed by atoms with Gasteiger partial charge in [0, 0.05) is 31.2 Å². The van der Waals surface area contributed by atoms with Gasteiger partial charge in [-0.3, -0.25) is 4.79 Å². The summed E-state index contributed by atoms with van der Waals surface area (Å²) >= 11 is 0. The molecule has 0 radical (unpaired) electrons. The molecule has 1 fully saturated rings. The van der Waals surface area contributed by atoms with Crippen LogP contribution in [-0.2, 0) is 11.3 Å². The van der Waals surface area contributed by atoms with Gasteiger partial charge in [0.2, 0.25) is 11.9 Å². The Morgan fingerprint density at radius 2 is 1.96 bits per heavy atom. The highest BCUT2D eigenvalue weighted by Gasteiger charge is 2.31. The number of carbonyl (C=O) groups is 1. The second kappa shape index (κ2) is 8.25. The molecule has 0 aliphatic carbocycles. The smallest absolute Gasteiger partial charge is 0.232 e. The van der Waals surface area contributed by atoms with Gasteiger partial charge in [0.15, 0.2) is 0 Å². The van der Waals surface area contributed by atoms with Crippen LogP contribution in [0.25, 0.3) is 0 Å². The van der Waals surface area contributed by atoms with E-state index in [0.29, 0.717) is 19.0 Å². The molecule has 6 heteroatoms. The van der Waals surface area contributed by atoms with Crippen molar-refractivity contribution in [3.63, 3.8) is 0 Å². The van der Waals surface area contributed by atoms with E-state index in [1.165, 1.54) is 5.56 Å². The molecule has 1 amide bonds. The molecule has 1 aromatic carbocycles. The molecular weight excluding hydrogens is 352 g/mol. The lowest BCUT2D eigenvalue weighted by Gasteiger charge is -2.34. The van der Waals surface area contributed by atoms with Crippen LogP contribution in [0.15, 0.2) is 65.5 Å². The van der Waals surface area contributed by atoms with Crippen molar-refractivity contribution in [1.29, 1.82) is 0 Å². The van der Waals surface area contributed by atoms with Crippen molar-refractivity contribution in [2.45, 2.75) is 26.3 Å². The molecule has 2 aromatic heterocycles. The van der Waals surface area contributed by atoms with Gasteiger partial charge < -0.3 is 14.2 Å².